The molecular weight excluding hydrogens is 451 g/mol. The van der Waals surface area contributed by atoms with Crippen LogP contribution in [0.3, 0.4) is 0 Å². The number of benzene rings is 1. The van der Waals surface area contributed by atoms with Gasteiger partial charge in [0, 0.05) is 59.7 Å². The number of aliphatic hydroxyl groups excluding tert-OH is 1. The fourth-order valence-electron chi connectivity index (χ4n) is 4.34. The van der Waals surface area contributed by atoms with Crippen molar-refractivity contribution in [3.8, 4) is 11.3 Å². The number of anilines is 1. The molecule has 2 aliphatic rings. The predicted molar refractivity (Wildman–Crippen MR) is 123 cm³/mol. The number of ether oxygens (including phenoxy) is 1. The van der Waals surface area contributed by atoms with Gasteiger partial charge in [-0.3, -0.25) is 4.79 Å². The highest BCUT2D eigenvalue weighted by Crippen LogP contribution is 2.51. The molecule has 2 aromatic heterocycles. The molecule has 1 aliphatic heterocycles. The molecule has 0 spiro atoms. The molecule has 1 saturated heterocycles. The molecule has 0 amide bonds. The lowest BCUT2D eigenvalue weighted by Gasteiger charge is -2.23. The molecule has 0 bridgehead atoms. The Labute approximate surface area is 195 Å². The second kappa shape index (κ2) is 8.48. The average molecular weight is 473 g/mol. The van der Waals surface area contributed by atoms with Gasteiger partial charge in [-0.05, 0) is 42.7 Å². The lowest BCUT2D eigenvalue weighted by Crippen LogP contribution is -2.33. The van der Waals surface area contributed by atoms with Crippen LogP contribution in [-0.2, 0) is 10.3 Å². The summed E-state index contributed by atoms with van der Waals surface area (Å²) in [7, 11) is 0. The van der Waals surface area contributed by atoms with Gasteiger partial charge in [0.15, 0.2) is 0 Å². The Kier molecular flexibility index (Phi) is 5.67. The summed E-state index contributed by atoms with van der Waals surface area (Å²) in [5.41, 5.74) is 0.863. The molecule has 3 heterocycles. The third kappa shape index (κ3) is 3.90. The van der Waals surface area contributed by atoms with E-state index in [9.17, 15) is 9.90 Å². The number of halogens is 2. The first-order chi connectivity index (χ1) is 15.5. The summed E-state index contributed by atoms with van der Waals surface area (Å²) in [5, 5.41) is 14.8. The molecule has 7 nitrogen and oxygen atoms in total. The van der Waals surface area contributed by atoms with E-state index < -0.39 is 11.6 Å². The van der Waals surface area contributed by atoms with Crippen LogP contribution in [0, 0.1) is 0 Å². The van der Waals surface area contributed by atoms with E-state index in [1.54, 1.807) is 41.2 Å². The number of hydrogen-bond donors (Lipinski definition) is 2. The lowest BCUT2D eigenvalue weighted by molar-refractivity contribution is 0.0903. The topological polar surface area (TPSA) is 89.3 Å². The standard InChI is InChI=1S/C23H22Cl2N4O3/c24-15-1-2-17(18(25)12-15)23(13-20(23)30)29-8-4-14(11-21(29)31)19-3-7-26-22(28-19)27-16-5-9-32-10-6-16/h1-4,7-8,11-12,16,20,30H,5-6,9-10,13H2,(H,26,27,28). The molecule has 0 radical (unpaired) electrons. The van der Waals surface area contributed by atoms with Crippen LogP contribution in [0.2, 0.25) is 10.0 Å². The van der Waals surface area contributed by atoms with E-state index in [0.29, 0.717) is 39.2 Å². The molecule has 166 valence electrons. The summed E-state index contributed by atoms with van der Waals surface area (Å²) in [4.78, 5) is 22.0. The number of nitrogens with one attached hydrogen (secondary N) is 1. The first-order valence-corrected chi connectivity index (χ1v) is 11.3. The molecule has 2 fully saturated rings. The van der Waals surface area contributed by atoms with Crippen molar-refractivity contribution in [2.45, 2.75) is 36.9 Å². The third-order valence-electron chi connectivity index (χ3n) is 6.15. The Morgan fingerprint density at radius 3 is 2.62 bits per heavy atom. The van der Waals surface area contributed by atoms with E-state index in [4.69, 9.17) is 27.9 Å². The molecule has 5 rings (SSSR count). The van der Waals surface area contributed by atoms with Gasteiger partial charge in [0.1, 0.15) is 5.54 Å². The molecule has 2 unspecified atom stereocenters. The summed E-state index contributed by atoms with van der Waals surface area (Å²) in [5.74, 6) is 0.528. The van der Waals surface area contributed by atoms with Gasteiger partial charge in [0.2, 0.25) is 5.95 Å². The quantitative estimate of drug-likeness (QED) is 0.588. The minimum atomic E-state index is -0.890. The molecule has 1 saturated carbocycles. The van der Waals surface area contributed by atoms with Crippen LogP contribution in [0.4, 0.5) is 5.95 Å². The van der Waals surface area contributed by atoms with Crippen LogP contribution in [0.5, 0.6) is 0 Å². The zero-order valence-corrected chi connectivity index (χ0v) is 18.7. The van der Waals surface area contributed by atoms with E-state index >= 15 is 0 Å². The van der Waals surface area contributed by atoms with E-state index in [-0.39, 0.29) is 11.6 Å². The average Bonchev–Trinajstić information content (AvgIpc) is 3.45. The van der Waals surface area contributed by atoms with Crippen molar-refractivity contribution in [1.29, 1.82) is 0 Å². The van der Waals surface area contributed by atoms with Crippen LogP contribution < -0.4 is 10.9 Å². The first-order valence-electron chi connectivity index (χ1n) is 10.5. The van der Waals surface area contributed by atoms with Crippen molar-refractivity contribution < 1.29 is 9.84 Å². The maximum Gasteiger partial charge on any atom is 0.252 e. The third-order valence-corrected chi connectivity index (χ3v) is 6.70. The van der Waals surface area contributed by atoms with Crippen molar-refractivity contribution in [1.82, 2.24) is 14.5 Å². The highest BCUT2D eigenvalue weighted by molar-refractivity contribution is 6.35. The Balaban J connectivity index is 1.45. The molecule has 1 aliphatic carbocycles. The highest BCUT2D eigenvalue weighted by atomic mass is 35.5. The zero-order valence-electron chi connectivity index (χ0n) is 17.2. The zero-order chi connectivity index (χ0) is 22.3. The van der Waals surface area contributed by atoms with Gasteiger partial charge in [-0.25, -0.2) is 9.97 Å². The first kappa shape index (κ1) is 21.4. The maximum absolute atomic E-state index is 13.1. The van der Waals surface area contributed by atoms with Gasteiger partial charge in [0.05, 0.1) is 11.8 Å². The van der Waals surface area contributed by atoms with Crippen LogP contribution in [0.15, 0.2) is 53.6 Å². The molecule has 1 aromatic carbocycles. The molecule has 2 atom stereocenters. The van der Waals surface area contributed by atoms with Crippen molar-refractivity contribution in [2.24, 2.45) is 0 Å². The second-order valence-electron chi connectivity index (χ2n) is 8.19. The van der Waals surface area contributed by atoms with Crippen molar-refractivity contribution in [2.75, 3.05) is 18.5 Å². The Hall–Kier alpha value is -2.45. The number of aliphatic hydroxyl groups is 1. The number of pyridine rings is 1. The molecule has 3 aromatic rings. The second-order valence-corrected chi connectivity index (χ2v) is 9.03. The smallest absolute Gasteiger partial charge is 0.252 e. The van der Waals surface area contributed by atoms with E-state index in [0.717, 1.165) is 26.1 Å². The molecule has 32 heavy (non-hydrogen) atoms. The number of aromatic nitrogens is 3. The summed E-state index contributed by atoms with van der Waals surface area (Å²) >= 11 is 12.4. The number of hydrogen-bond acceptors (Lipinski definition) is 6. The summed E-state index contributed by atoms with van der Waals surface area (Å²) in [6.45, 7) is 1.45. The van der Waals surface area contributed by atoms with E-state index in [1.807, 2.05) is 6.07 Å². The number of nitrogens with zero attached hydrogens (tertiary/aromatic N) is 3. The summed E-state index contributed by atoms with van der Waals surface area (Å²) in [6.07, 6.45) is 4.86. The molecular formula is C23H22Cl2N4O3. The predicted octanol–water partition coefficient (Wildman–Crippen LogP) is 3.71. The van der Waals surface area contributed by atoms with Crippen LogP contribution in [0.25, 0.3) is 11.3 Å². The van der Waals surface area contributed by atoms with Gasteiger partial charge in [-0.1, -0.05) is 29.3 Å². The van der Waals surface area contributed by atoms with Gasteiger partial charge in [0.25, 0.3) is 5.56 Å². The molecule has 2 N–H and O–H groups in total. The SMILES string of the molecule is O=c1cc(-c2ccnc(NC3CCOCC3)n2)ccn1C1(c2ccc(Cl)cc2Cl)CC1O. The van der Waals surface area contributed by atoms with Crippen LogP contribution >= 0.6 is 23.2 Å². The Morgan fingerprint density at radius 1 is 1.16 bits per heavy atom. The Morgan fingerprint density at radius 2 is 1.94 bits per heavy atom. The minimum absolute atomic E-state index is 0.248. The minimum Gasteiger partial charge on any atom is -0.390 e. The normalized spacial score (nSPS) is 23.2. The highest BCUT2D eigenvalue weighted by Gasteiger charge is 2.58. The van der Waals surface area contributed by atoms with Gasteiger partial charge < -0.3 is 19.7 Å². The van der Waals surface area contributed by atoms with Crippen molar-refractivity contribution >= 4 is 29.2 Å². The summed E-state index contributed by atoms with van der Waals surface area (Å²) in [6, 6.07) is 10.5. The van der Waals surface area contributed by atoms with E-state index in [1.165, 1.54) is 6.07 Å². The van der Waals surface area contributed by atoms with Gasteiger partial charge in [-0.15, -0.1) is 0 Å². The Bertz CT molecular complexity index is 1210. The monoisotopic (exact) mass is 472 g/mol. The van der Waals surface area contributed by atoms with Crippen LogP contribution in [0.1, 0.15) is 24.8 Å². The number of rotatable bonds is 5. The summed E-state index contributed by atoms with van der Waals surface area (Å²) < 4.78 is 6.93. The van der Waals surface area contributed by atoms with E-state index in [2.05, 4.69) is 15.3 Å². The largest absolute Gasteiger partial charge is 0.390 e. The van der Waals surface area contributed by atoms with Gasteiger partial charge in [-0.2, -0.15) is 0 Å². The van der Waals surface area contributed by atoms with Crippen molar-refractivity contribution in [3.63, 3.8) is 0 Å². The fraction of sp³-hybridized carbons (Fsp3) is 0.348. The van der Waals surface area contributed by atoms with Crippen molar-refractivity contribution in [3.05, 3.63) is 74.8 Å². The lowest BCUT2D eigenvalue weighted by atomic mass is 10.0. The van der Waals surface area contributed by atoms with Crippen LogP contribution in [-0.4, -0.2) is 45.0 Å². The van der Waals surface area contributed by atoms with Gasteiger partial charge >= 0.3 is 0 Å². The maximum atomic E-state index is 13.1. The molecule has 9 heteroatoms. The fourth-order valence-corrected chi connectivity index (χ4v) is 4.91.